The molecule has 0 bridgehead atoms. The van der Waals surface area contributed by atoms with Crippen molar-refractivity contribution >= 4 is 5.69 Å². The summed E-state index contributed by atoms with van der Waals surface area (Å²) in [5.41, 5.74) is 0.0822. The van der Waals surface area contributed by atoms with Gasteiger partial charge in [-0.05, 0) is 26.0 Å². The largest absolute Gasteiger partial charge is 0.488 e. The molecule has 1 heterocycles. The van der Waals surface area contributed by atoms with Crippen LogP contribution in [0.3, 0.4) is 0 Å². The zero-order chi connectivity index (χ0) is 14.5. The monoisotopic (exact) mass is 281 g/mol. The molecule has 1 aliphatic heterocycles. The minimum absolute atomic E-state index is 0.0822. The molecule has 0 spiro atoms. The Kier molecular flexibility index (Phi) is 4.92. The lowest BCUT2D eigenvalue weighted by Crippen LogP contribution is -3.16. The molecular weight excluding hydrogens is 260 g/mol. The molecule has 2 rings (SSSR count). The number of ether oxygens (including phenoxy) is 2. The molecule has 20 heavy (non-hydrogen) atoms. The van der Waals surface area contributed by atoms with Crippen molar-refractivity contribution in [3.05, 3.63) is 34.4 Å². The zero-order valence-electron chi connectivity index (χ0n) is 11.9. The lowest BCUT2D eigenvalue weighted by atomic mass is 10.2. The highest BCUT2D eigenvalue weighted by Gasteiger charge is 2.25. The zero-order valence-corrected chi connectivity index (χ0v) is 11.9. The summed E-state index contributed by atoms with van der Waals surface area (Å²) in [5.74, 6) is 0.671. The predicted molar refractivity (Wildman–Crippen MR) is 74.2 cm³/mol. The Morgan fingerprint density at radius 3 is 2.45 bits per heavy atom. The van der Waals surface area contributed by atoms with Crippen LogP contribution in [0.25, 0.3) is 0 Å². The fraction of sp³-hybridized carbons (Fsp3) is 0.571. The average molecular weight is 281 g/mol. The SMILES string of the molecule is C[C@@H]1C[NH+](CCOc2ccc([N+](=O)[O-])cc2)C[C@H](C)O1. The van der Waals surface area contributed by atoms with Gasteiger partial charge in [0.2, 0.25) is 0 Å². The Bertz CT molecular complexity index is 439. The summed E-state index contributed by atoms with van der Waals surface area (Å²) in [5, 5.41) is 10.5. The molecule has 1 saturated heterocycles. The van der Waals surface area contributed by atoms with Crippen molar-refractivity contribution in [3.8, 4) is 5.75 Å². The molecule has 6 heteroatoms. The van der Waals surface area contributed by atoms with Crippen molar-refractivity contribution in [2.45, 2.75) is 26.1 Å². The van der Waals surface area contributed by atoms with Gasteiger partial charge in [0, 0.05) is 12.1 Å². The number of rotatable bonds is 5. The number of quaternary nitrogens is 1. The summed E-state index contributed by atoms with van der Waals surface area (Å²) < 4.78 is 11.3. The molecule has 1 fully saturated rings. The highest BCUT2D eigenvalue weighted by Crippen LogP contribution is 2.16. The molecule has 0 amide bonds. The number of hydrogen-bond donors (Lipinski definition) is 1. The van der Waals surface area contributed by atoms with E-state index in [0.29, 0.717) is 12.4 Å². The number of nitro groups is 1. The van der Waals surface area contributed by atoms with Gasteiger partial charge < -0.3 is 14.4 Å². The van der Waals surface area contributed by atoms with Crippen LogP contribution in [0.1, 0.15) is 13.8 Å². The van der Waals surface area contributed by atoms with Crippen molar-refractivity contribution in [2.24, 2.45) is 0 Å². The van der Waals surface area contributed by atoms with Gasteiger partial charge in [-0.3, -0.25) is 10.1 Å². The van der Waals surface area contributed by atoms with Crippen molar-refractivity contribution in [2.75, 3.05) is 26.2 Å². The van der Waals surface area contributed by atoms with Crippen LogP contribution in [0.5, 0.6) is 5.75 Å². The van der Waals surface area contributed by atoms with Gasteiger partial charge in [-0.2, -0.15) is 0 Å². The van der Waals surface area contributed by atoms with E-state index in [9.17, 15) is 10.1 Å². The quantitative estimate of drug-likeness (QED) is 0.636. The molecule has 1 aliphatic rings. The molecule has 1 N–H and O–H groups in total. The van der Waals surface area contributed by atoms with Crippen LogP contribution in [0.4, 0.5) is 5.69 Å². The first-order chi connectivity index (χ1) is 9.54. The lowest BCUT2D eigenvalue weighted by Gasteiger charge is -2.32. The van der Waals surface area contributed by atoms with E-state index in [1.165, 1.54) is 17.0 Å². The maximum Gasteiger partial charge on any atom is 0.269 e. The lowest BCUT2D eigenvalue weighted by molar-refractivity contribution is -0.915. The van der Waals surface area contributed by atoms with Crippen LogP contribution >= 0.6 is 0 Å². The summed E-state index contributed by atoms with van der Waals surface area (Å²) in [4.78, 5) is 11.6. The molecule has 1 unspecified atom stereocenters. The Balaban J connectivity index is 1.76. The van der Waals surface area contributed by atoms with Crippen LogP contribution in [0.15, 0.2) is 24.3 Å². The van der Waals surface area contributed by atoms with Crippen LogP contribution in [0, 0.1) is 10.1 Å². The van der Waals surface area contributed by atoms with E-state index in [1.54, 1.807) is 12.1 Å². The van der Waals surface area contributed by atoms with E-state index in [2.05, 4.69) is 13.8 Å². The minimum atomic E-state index is -0.412. The van der Waals surface area contributed by atoms with E-state index in [-0.39, 0.29) is 17.9 Å². The van der Waals surface area contributed by atoms with E-state index in [0.717, 1.165) is 19.6 Å². The van der Waals surface area contributed by atoms with Crippen molar-refractivity contribution in [1.29, 1.82) is 0 Å². The number of nitro benzene ring substituents is 1. The van der Waals surface area contributed by atoms with Gasteiger partial charge in [0.05, 0.1) is 4.92 Å². The van der Waals surface area contributed by atoms with Crippen LogP contribution < -0.4 is 9.64 Å². The second-order valence-electron chi connectivity index (χ2n) is 5.27. The van der Waals surface area contributed by atoms with E-state index < -0.39 is 4.92 Å². The molecule has 1 aromatic carbocycles. The first-order valence-corrected chi connectivity index (χ1v) is 6.91. The second-order valence-corrected chi connectivity index (χ2v) is 5.27. The average Bonchev–Trinajstić information content (AvgIpc) is 2.38. The van der Waals surface area contributed by atoms with E-state index in [4.69, 9.17) is 9.47 Å². The normalized spacial score (nSPS) is 26.2. The Morgan fingerprint density at radius 1 is 1.30 bits per heavy atom. The van der Waals surface area contributed by atoms with Crippen LogP contribution in [-0.4, -0.2) is 43.4 Å². The Hall–Kier alpha value is -1.66. The smallest absolute Gasteiger partial charge is 0.269 e. The summed E-state index contributed by atoms with van der Waals surface area (Å²) in [7, 11) is 0. The summed E-state index contributed by atoms with van der Waals surface area (Å²) in [6.45, 7) is 7.68. The minimum Gasteiger partial charge on any atom is -0.488 e. The van der Waals surface area contributed by atoms with Gasteiger partial charge in [-0.15, -0.1) is 0 Å². The highest BCUT2D eigenvalue weighted by molar-refractivity contribution is 5.35. The first kappa shape index (κ1) is 14.7. The molecular formula is C14H21N2O4+. The third-order valence-corrected chi connectivity index (χ3v) is 3.39. The number of morpholine rings is 1. The van der Waals surface area contributed by atoms with Gasteiger partial charge in [0.25, 0.3) is 5.69 Å². The number of hydrogen-bond acceptors (Lipinski definition) is 4. The first-order valence-electron chi connectivity index (χ1n) is 6.91. The Morgan fingerprint density at radius 2 is 1.90 bits per heavy atom. The van der Waals surface area contributed by atoms with Crippen molar-refractivity contribution in [3.63, 3.8) is 0 Å². The fourth-order valence-corrected chi connectivity index (χ4v) is 2.57. The summed E-state index contributed by atoms with van der Waals surface area (Å²) in [6.07, 6.45) is 0.571. The number of nitrogens with one attached hydrogen (secondary N) is 1. The number of nitrogens with zero attached hydrogens (tertiary/aromatic N) is 1. The maximum atomic E-state index is 10.5. The van der Waals surface area contributed by atoms with E-state index in [1.807, 2.05) is 0 Å². The van der Waals surface area contributed by atoms with Crippen molar-refractivity contribution < 1.29 is 19.3 Å². The molecule has 3 atom stereocenters. The summed E-state index contributed by atoms with van der Waals surface area (Å²) >= 11 is 0. The molecule has 0 saturated carbocycles. The van der Waals surface area contributed by atoms with Gasteiger partial charge in [-0.25, -0.2) is 0 Å². The van der Waals surface area contributed by atoms with Crippen LogP contribution in [-0.2, 0) is 4.74 Å². The molecule has 6 nitrogen and oxygen atoms in total. The fourth-order valence-electron chi connectivity index (χ4n) is 2.57. The van der Waals surface area contributed by atoms with E-state index >= 15 is 0 Å². The number of benzene rings is 1. The molecule has 0 aromatic heterocycles. The standard InChI is InChI=1S/C14H20N2O4/c1-11-9-15(10-12(2)20-11)7-8-19-14-5-3-13(4-6-14)16(17)18/h3-6,11-12H,7-10H2,1-2H3/p+1/t11-,12+. The van der Waals surface area contributed by atoms with Crippen molar-refractivity contribution in [1.82, 2.24) is 0 Å². The molecule has 0 aliphatic carbocycles. The Labute approximate surface area is 118 Å². The highest BCUT2D eigenvalue weighted by atomic mass is 16.6. The van der Waals surface area contributed by atoms with Gasteiger partial charge in [0.15, 0.2) is 0 Å². The van der Waals surface area contributed by atoms with Gasteiger partial charge in [-0.1, -0.05) is 0 Å². The second kappa shape index (κ2) is 6.67. The predicted octanol–water partition coefficient (Wildman–Crippen LogP) is 0.666. The van der Waals surface area contributed by atoms with Gasteiger partial charge in [0.1, 0.15) is 44.2 Å². The molecule has 0 radical (unpaired) electrons. The summed E-state index contributed by atoms with van der Waals surface area (Å²) in [6, 6.07) is 6.19. The van der Waals surface area contributed by atoms with Gasteiger partial charge >= 0.3 is 0 Å². The molecule has 110 valence electrons. The maximum absolute atomic E-state index is 10.5. The van der Waals surface area contributed by atoms with Crippen LogP contribution in [0.2, 0.25) is 0 Å². The third-order valence-electron chi connectivity index (χ3n) is 3.39. The molecule has 1 aromatic rings. The number of non-ortho nitro benzene ring substituents is 1. The third kappa shape index (κ3) is 4.18. The topological polar surface area (TPSA) is 66.0 Å².